The van der Waals surface area contributed by atoms with Crippen LogP contribution in [0.4, 0.5) is 10.5 Å². The quantitative estimate of drug-likeness (QED) is 0.863. The van der Waals surface area contributed by atoms with Crippen LogP contribution in [0.15, 0.2) is 28.7 Å². The molecule has 0 bridgehead atoms. The molecule has 2 aliphatic rings. The number of fused-ring (bicyclic) bond motifs is 1. The summed E-state index contributed by atoms with van der Waals surface area (Å²) in [6, 6.07) is 7.86. The van der Waals surface area contributed by atoms with E-state index in [1.165, 1.54) is 0 Å². The van der Waals surface area contributed by atoms with Crippen molar-refractivity contribution in [3.63, 3.8) is 0 Å². The standard InChI is InChI=1S/C12H13BrN2O2/c13-8-1-3-9(4-2-8)15-10-7-14-6-5-11(10)17-12(15)16/h1-4,10-11,14H,5-7H2. The van der Waals surface area contributed by atoms with E-state index in [2.05, 4.69) is 21.2 Å². The van der Waals surface area contributed by atoms with Gasteiger partial charge in [-0.05, 0) is 37.2 Å². The molecule has 1 aromatic rings. The second kappa shape index (κ2) is 4.31. The van der Waals surface area contributed by atoms with Crippen LogP contribution in [0.1, 0.15) is 6.42 Å². The Hall–Kier alpha value is -1.07. The highest BCUT2D eigenvalue weighted by Gasteiger charge is 2.43. The Labute approximate surface area is 108 Å². The van der Waals surface area contributed by atoms with Crippen LogP contribution in [-0.2, 0) is 4.74 Å². The van der Waals surface area contributed by atoms with Crippen LogP contribution in [0, 0.1) is 0 Å². The number of rotatable bonds is 1. The topological polar surface area (TPSA) is 41.6 Å². The lowest BCUT2D eigenvalue weighted by Gasteiger charge is -2.28. The maximum absolute atomic E-state index is 11.9. The maximum atomic E-state index is 11.9. The molecule has 3 rings (SSSR count). The largest absolute Gasteiger partial charge is 0.444 e. The smallest absolute Gasteiger partial charge is 0.415 e. The van der Waals surface area contributed by atoms with Crippen molar-refractivity contribution >= 4 is 27.7 Å². The Morgan fingerprint density at radius 1 is 1.35 bits per heavy atom. The second-order valence-corrected chi connectivity index (χ2v) is 5.24. The van der Waals surface area contributed by atoms with Gasteiger partial charge in [0.2, 0.25) is 0 Å². The zero-order valence-corrected chi connectivity index (χ0v) is 10.8. The van der Waals surface area contributed by atoms with Crippen molar-refractivity contribution in [2.75, 3.05) is 18.0 Å². The summed E-state index contributed by atoms with van der Waals surface area (Å²) in [4.78, 5) is 13.6. The SMILES string of the molecule is O=C1OC2CCNCC2N1c1ccc(Br)cc1. The minimum atomic E-state index is -0.231. The molecule has 0 aliphatic carbocycles. The highest BCUT2D eigenvalue weighted by molar-refractivity contribution is 9.10. The summed E-state index contributed by atoms with van der Waals surface area (Å²) in [5.41, 5.74) is 0.898. The van der Waals surface area contributed by atoms with E-state index in [1.807, 2.05) is 24.3 Å². The highest BCUT2D eigenvalue weighted by atomic mass is 79.9. The molecule has 0 saturated carbocycles. The van der Waals surface area contributed by atoms with Gasteiger partial charge in [-0.25, -0.2) is 4.79 Å². The number of carbonyl (C=O) groups excluding carboxylic acids is 1. The number of ether oxygens (including phenoxy) is 1. The predicted molar refractivity (Wildman–Crippen MR) is 68.2 cm³/mol. The van der Waals surface area contributed by atoms with Crippen molar-refractivity contribution in [3.8, 4) is 0 Å². The number of amides is 1. The van der Waals surface area contributed by atoms with Crippen LogP contribution < -0.4 is 10.2 Å². The summed E-state index contributed by atoms with van der Waals surface area (Å²) >= 11 is 3.39. The third kappa shape index (κ3) is 1.93. The molecule has 1 amide bonds. The molecular formula is C12H13BrN2O2. The van der Waals surface area contributed by atoms with E-state index in [0.717, 1.165) is 29.7 Å². The van der Waals surface area contributed by atoms with Crippen molar-refractivity contribution in [1.82, 2.24) is 5.32 Å². The maximum Gasteiger partial charge on any atom is 0.415 e. The zero-order chi connectivity index (χ0) is 11.8. The summed E-state index contributed by atoms with van der Waals surface area (Å²) in [5, 5.41) is 3.30. The third-order valence-corrected chi connectivity index (χ3v) is 3.80. The molecule has 2 saturated heterocycles. The first-order chi connectivity index (χ1) is 8.25. The number of nitrogens with one attached hydrogen (secondary N) is 1. The van der Waals surface area contributed by atoms with Crippen molar-refractivity contribution in [3.05, 3.63) is 28.7 Å². The van der Waals surface area contributed by atoms with E-state index < -0.39 is 0 Å². The first kappa shape index (κ1) is 11.0. The molecule has 2 heterocycles. The third-order valence-electron chi connectivity index (χ3n) is 3.27. The van der Waals surface area contributed by atoms with Crippen LogP contribution in [0.25, 0.3) is 0 Å². The average Bonchev–Trinajstić information content (AvgIpc) is 2.66. The second-order valence-electron chi connectivity index (χ2n) is 4.33. The summed E-state index contributed by atoms with van der Waals surface area (Å²) in [5.74, 6) is 0. The Balaban J connectivity index is 1.90. The van der Waals surface area contributed by atoms with Gasteiger partial charge in [0.15, 0.2) is 0 Å². The molecule has 2 unspecified atom stereocenters. The van der Waals surface area contributed by atoms with E-state index in [1.54, 1.807) is 4.90 Å². The monoisotopic (exact) mass is 296 g/mol. The van der Waals surface area contributed by atoms with Crippen LogP contribution >= 0.6 is 15.9 Å². The molecule has 1 aromatic carbocycles. The number of piperidine rings is 1. The molecule has 1 N–H and O–H groups in total. The van der Waals surface area contributed by atoms with E-state index >= 15 is 0 Å². The Bertz CT molecular complexity index is 435. The van der Waals surface area contributed by atoms with Crippen LogP contribution in [0.2, 0.25) is 0 Å². The van der Waals surface area contributed by atoms with Gasteiger partial charge in [-0.3, -0.25) is 4.90 Å². The molecule has 0 radical (unpaired) electrons. The highest BCUT2D eigenvalue weighted by Crippen LogP contribution is 2.30. The zero-order valence-electron chi connectivity index (χ0n) is 9.23. The lowest BCUT2D eigenvalue weighted by Crippen LogP contribution is -2.49. The predicted octanol–water partition coefficient (Wildman–Crippen LogP) is 2.14. The van der Waals surface area contributed by atoms with Crippen molar-refractivity contribution in [2.45, 2.75) is 18.6 Å². The molecule has 0 aromatic heterocycles. The summed E-state index contributed by atoms with van der Waals surface area (Å²) in [7, 11) is 0. The molecule has 2 atom stereocenters. The van der Waals surface area contributed by atoms with E-state index in [-0.39, 0.29) is 18.2 Å². The lowest BCUT2D eigenvalue weighted by atomic mass is 10.0. The molecule has 90 valence electrons. The van der Waals surface area contributed by atoms with Gasteiger partial charge < -0.3 is 10.1 Å². The Morgan fingerprint density at radius 2 is 2.12 bits per heavy atom. The normalized spacial score (nSPS) is 27.8. The van der Waals surface area contributed by atoms with Gasteiger partial charge in [-0.2, -0.15) is 0 Å². The van der Waals surface area contributed by atoms with Crippen molar-refractivity contribution < 1.29 is 9.53 Å². The van der Waals surface area contributed by atoms with Gasteiger partial charge in [0.05, 0.1) is 6.04 Å². The molecule has 2 fully saturated rings. The Morgan fingerprint density at radius 3 is 2.88 bits per heavy atom. The van der Waals surface area contributed by atoms with Crippen LogP contribution in [-0.4, -0.2) is 31.3 Å². The van der Waals surface area contributed by atoms with Gasteiger partial charge in [0.1, 0.15) is 6.10 Å². The molecule has 4 nitrogen and oxygen atoms in total. The molecular weight excluding hydrogens is 284 g/mol. The fourth-order valence-corrected chi connectivity index (χ4v) is 2.70. The minimum absolute atomic E-state index is 0.0346. The van der Waals surface area contributed by atoms with Gasteiger partial charge in [-0.15, -0.1) is 0 Å². The Kier molecular flexibility index (Phi) is 2.80. The summed E-state index contributed by atoms with van der Waals surface area (Å²) in [6.07, 6.45) is 0.696. The first-order valence-corrected chi connectivity index (χ1v) is 6.51. The molecule has 5 heteroatoms. The number of nitrogens with zero attached hydrogens (tertiary/aromatic N) is 1. The number of hydrogen-bond acceptors (Lipinski definition) is 3. The van der Waals surface area contributed by atoms with Crippen molar-refractivity contribution in [1.29, 1.82) is 0 Å². The summed E-state index contributed by atoms with van der Waals surface area (Å²) in [6.45, 7) is 1.72. The molecule has 2 aliphatic heterocycles. The first-order valence-electron chi connectivity index (χ1n) is 5.72. The van der Waals surface area contributed by atoms with E-state index in [4.69, 9.17) is 4.74 Å². The van der Waals surface area contributed by atoms with Gasteiger partial charge in [0.25, 0.3) is 0 Å². The number of benzene rings is 1. The van der Waals surface area contributed by atoms with Crippen LogP contribution in [0.5, 0.6) is 0 Å². The lowest BCUT2D eigenvalue weighted by molar-refractivity contribution is 0.117. The fourth-order valence-electron chi connectivity index (χ4n) is 2.43. The number of hydrogen-bond donors (Lipinski definition) is 1. The van der Waals surface area contributed by atoms with Gasteiger partial charge in [-0.1, -0.05) is 15.9 Å². The minimum Gasteiger partial charge on any atom is -0.444 e. The van der Waals surface area contributed by atoms with Gasteiger partial charge in [0, 0.05) is 16.7 Å². The van der Waals surface area contributed by atoms with Gasteiger partial charge >= 0.3 is 6.09 Å². The van der Waals surface area contributed by atoms with E-state index in [9.17, 15) is 4.79 Å². The van der Waals surface area contributed by atoms with Crippen molar-refractivity contribution in [2.24, 2.45) is 0 Å². The fraction of sp³-hybridized carbons (Fsp3) is 0.417. The molecule has 17 heavy (non-hydrogen) atoms. The average molecular weight is 297 g/mol. The number of anilines is 1. The number of carbonyl (C=O) groups is 1. The van der Waals surface area contributed by atoms with E-state index in [0.29, 0.717) is 0 Å². The number of halogens is 1. The summed E-state index contributed by atoms with van der Waals surface area (Å²) < 4.78 is 6.40. The van der Waals surface area contributed by atoms with Crippen LogP contribution in [0.3, 0.4) is 0 Å². The molecule has 0 spiro atoms.